The Bertz CT molecular complexity index is 1300. The zero-order valence-corrected chi connectivity index (χ0v) is 24.1. The summed E-state index contributed by atoms with van der Waals surface area (Å²) in [6, 6.07) is 3.21. The molecule has 6 unspecified atom stereocenters. The van der Waals surface area contributed by atoms with E-state index in [-0.39, 0.29) is 16.9 Å². The zero-order valence-electron chi connectivity index (χ0n) is 22.5. The molecule has 3 aliphatic rings. The van der Waals surface area contributed by atoms with Crippen LogP contribution in [0.2, 0.25) is 0 Å². The van der Waals surface area contributed by atoms with Gasteiger partial charge in [-0.25, -0.2) is 0 Å². The molecule has 10 nitrogen and oxygen atoms in total. The lowest BCUT2D eigenvalue weighted by Crippen LogP contribution is -2.70. The Balaban J connectivity index is 1.94. The summed E-state index contributed by atoms with van der Waals surface area (Å²) in [4.78, 5) is 42.7. The number of carbonyl (C=O) groups excluding carboxylic acids is 3. The number of phenols is 1. The maximum absolute atomic E-state index is 14.1. The van der Waals surface area contributed by atoms with Crippen molar-refractivity contribution in [1.29, 1.82) is 0 Å². The summed E-state index contributed by atoms with van der Waals surface area (Å²) in [5.74, 6) is -8.24. The summed E-state index contributed by atoms with van der Waals surface area (Å²) < 4.78 is 0. The van der Waals surface area contributed by atoms with E-state index in [0.717, 1.165) is 0 Å². The summed E-state index contributed by atoms with van der Waals surface area (Å²) in [6.45, 7) is 5.20. The number of hydrogen-bond donors (Lipinski definition) is 6. The zero-order chi connectivity index (χ0) is 29.2. The van der Waals surface area contributed by atoms with E-state index in [4.69, 9.17) is 0 Å². The SMILES string of the molecule is CC1c2cccc(O)c2C(O)=C2C(=O)C3(O)C(O)=C(C(=O)NC(C)(C)CCCBr)C(=O)C(N(C)C)C3C(O)C21. The smallest absolute Gasteiger partial charge is 0.258 e. The minimum atomic E-state index is -2.89. The van der Waals surface area contributed by atoms with E-state index in [1.165, 1.54) is 25.1 Å². The van der Waals surface area contributed by atoms with Crippen LogP contribution in [0.25, 0.3) is 5.76 Å². The first kappa shape index (κ1) is 29.3. The lowest BCUT2D eigenvalue weighted by Gasteiger charge is -2.53. The van der Waals surface area contributed by atoms with Crippen LogP contribution >= 0.6 is 15.9 Å². The largest absolute Gasteiger partial charge is 0.508 e. The molecule has 6 atom stereocenters. The molecule has 1 fully saturated rings. The molecule has 4 rings (SSSR count). The van der Waals surface area contributed by atoms with Gasteiger partial charge >= 0.3 is 0 Å². The van der Waals surface area contributed by atoms with Crippen molar-refractivity contribution in [3.05, 3.63) is 46.2 Å². The first-order chi connectivity index (χ1) is 18.1. The number of ketones is 2. The van der Waals surface area contributed by atoms with E-state index in [1.54, 1.807) is 32.9 Å². The lowest BCUT2D eigenvalue weighted by molar-refractivity contribution is -0.169. The molecule has 1 saturated carbocycles. The quantitative estimate of drug-likeness (QED) is 0.210. The number of halogens is 1. The molecule has 0 bridgehead atoms. The van der Waals surface area contributed by atoms with Crippen molar-refractivity contribution in [3.63, 3.8) is 0 Å². The first-order valence-electron chi connectivity index (χ1n) is 12.8. The molecular formula is C28H35BrN2O8. The minimum Gasteiger partial charge on any atom is -0.508 e. The Kier molecular flexibility index (Phi) is 7.52. The van der Waals surface area contributed by atoms with E-state index in [0.29, 0.717) is 23.7 Å². The molecule has 0 heterocycles. The summed E-state index contributed by atoms with van der Waals surface area (Å²) in [5.41, 5.74) is -4.36. The second-order valence-corrected chi connectivity index (χ2v) is 12.3. The topological polar surface area (TPSA) is 168 Å². The minimum absolute atomic E-state index is 0.00938. The maximum atomic E-state index is 14.1. The van der Waals surface area contributed by atoms with Gasteiger partial charge in [-0.15, -0.1) is 0 Å². The van der Waals surface area contributed by atoms with Crippen molar-refractivity contribution >= 4 is 39.2 Å². The van der Waals surface area contributed by atoms with Gasteiger partial charge in [0.05, 0.1) is 23.6 Å². The summed E-state index contributed by atoms with van der Waals surface area (Å²) in [5, 5.41) is 60.1. The fraction of sp³-hybridized carbons (Fsp3) is 0.536. The molecule has 0 radical (unpaired) electrons. The van der Waals surface area contributed by atoms with Crippen LogP contribution in [0.5, 0.6) is 5.75 Å². The van der Waals surface area contributed by atoms with Crippen molar-refractivity contribution in [1.82, 2.24) is 10.2 Å². The third-order valence-corrected chi connectivity index (χ3v) is 8.92. The monoisotopic (exact) mass is 606 g/mol. The van der Waals surface area contributed by atoms with Crippen molar-refractivity contribution in [2.75, 3.05) is 19.4 Å². The molecule has 1 amide bonds. The summed E-state index contributed by atoms with van der Waals surface area (Å²) >= 11 is 3.34. The van der Waals surface area contributed by atoms with Gasteiger partial charge in [0.25, 0.3) is 5.91 Å². The van der Waals surface area contributed by atoms with Gasteiger partial charge in [-0.3, -0.25) is 19.3 Å². The Morgan fingerprint density at radius 3 is 2.41 bits per heavy atom. The fourth-order valence-electron chi connectivity index (χ4n) is 6.50. The van der Waals surface area contributed by atoms with Gasteiger partial charge in [0.1, 0.15) is 22.8 Å². The van der Waals surface area contributed by atoms with Gasteiger partial charge in [0.15, 0.2) is 11.4 Å². The fourth-order valence-corrected chi connectivity index (χ4v) is 6.78. The number of nitrogens with zero attached hydrogens (tertiary/aromatic N) is 1. The highest BCUT2D eigenvalue weighted by Gasteiger charge is 2.68. The van der Waals surface area contributed by atoms with Gasteiger partial charge < -0.3 is 30.8 Å². The molecule has 39 heavy (non-hydrogen) atoms. The van der Waals surface area contributed by atoms with E-state index in [1.807, 2.05) is 0 Å². The van der Waals surface area contributed by atoms with Gasteiger partial charge in [-0.1, -0.05) is 35.0 Å². The van der Waals surface area contributed by atoms with Crippen LogP contribution in [0.1, 0.15) is 50.7 Å². The number of alkyl halides is 1. The highest BCUT2D eigenvalue weighted by Crippen LogP contribution is 2.56. The van der Waals surface area contributed by atoms with Crippen LogP contribution < -0.4 is 5.32 Å². The average Bonchev–Trinajstić information content (AvgIpc) is 2.84. The van der Waals surface area contributed by atoms with Crippen LogP contribution in [0, 0.1) is 11.8 Å². The number of likely N-dealkylation sites (N-methyl/N-ethyl adjacent to an activating group) is 1. The molecule has 11 heteroatoms. The molecule has 0 saturated heterocycles. The van der Waals surface area contributed by atoms with Crippen LogP contribution in [0.15, 0.2) is 35.1 Å². The van der Waals surface area contributed by atoms with Gasteiger partial charge in [-0.2, -0.15) is 0 Å². The predicted octanol–water partition coefficient (Wildman–Crippen LogP) is 2.08. The number of aliphatic hydroxyl groups excluding tert-OH is 3. The lowest BCUT2D eigenvalue weighted by atomic mass is 9.54. The second kappa shape index (κ2) is 10.0. The molecule has 6 N–H and O–H groups in total. The normalized spacial score (nSPS) is 30.7. The van der Waals surface area contributed by atoms with Crippen molar-refractivity contribution in [3.8, 4) is 5.75 Å². The number of hydrogen-bond acceptors (Lipinski definition) is 9. The van der Waals surface area contributed by atoms with Crippen molar-refractivity contribution in [2.24, 2.45) is 11.8 Å². The molecule has 1 aromatic rings. The molecule has 0 aromatic heterocycles. The highest BCUT2D eigenvalue weighted by atomic mass is 79.9. The third kappa shape index (κ3) is 4.30. The summed E-state index contributed by atoms with van der Waals surface area (Å²) in [7, 11) is 3.02. The number of benzene rings is 1. The number of fused-ring (bicyclic) bond motifs is 3. The molecule has 0 spiro atoms. The Morgan fingerprint density at radius 1 is 1.18 bits per heavy atom. The number of amides is 1. The molecule has 3 aliphatic carbocycles. The predicted molar refractivity (Wildman–Crippen MR) is 146 cm³/mol. The standard InChI is InChI=1S/C28H35BrN2O8/c1-12-13-8-6-9-14(32)16(13)21(33)17-15(12)22(34)19-20(31(4)5)23(35)18(25(37)28(19,39)24(17)36)26(38)30-27(2,3)10-7-11-29/h6,8-9,12,15,19-20,22,32-34,37,39H,7,10-11H2,1-5H3,(H,30,38). The van der Waals surface area contributed by atoms with E-state index in [9.17, 15) is 39.9 Å². The van der Waals surface area contributed by atoms with Crippen LogP contribution in [0.4, 0.5) is 0 Å². The van der Waals surface area contributed by atoms with Crippen LogP contribution in [-0.4, -0.2) is 90.6 Å². The van der Waals surface area contributed by atoms with Gasteiger partial charge in [0, 0.05) is 22.4 Å². The average molecular weight is 607 g/mol. The number of phenolic OH excluding ortho intramolecular Hbond substituents is 1. The van der Waals surface area contributed by atoms with Gasteiger partial charge in [0.2, 0.25) is 5.78 Å². The van der Waals surface area contributed by atoms with Crippen molar-refractivity contribution in [2.45, 2.75) is 62.8 Å². The van der Waals surface area contributed by atoms with E-state index < -0.39 is 75.6 Å². The third-order valence-electron chi connectivity index (χ3n) is 8.36. The number of aliphatic hydroxyl groups is 4. The second-order valence-electron chi connectivity index (χ2n) is 11.6. The number of carbonyl (C=O) groups is 3. The molecule has 212 valence electrons. The summed E-state index contributed by atoms with van der Waals surface area (Å²) in [6.07, 6.45) is -0.337. The van der Waals surface area contributed by atoms with Crippen LogP contribution in [-0.2, 0) is 14.4 Å². The number of Topliss-reactive ketones (excluding diaryl/α,β-unsaturated/α-hetero) is 2. The Labute approximate surface area is 235 Å². The molecule has 0 aliphatic heterocycles. The van der Waals surface area contributed by atoms with E-state index >= 15 is 0 Å². The number of aromatic hydroxyl groups is 1. The molecule has 1 aromatic carbocycles. The van der Waals surface area contributed by atoms with Crippen molar-refractivity contribution < 1.29 is 39.9 Å². The van der Waals surface area contributed by atoms with Crippen LogP contribution in [0.3, 0.4) is 0 Å². The maximum Gasteiger partial charge on any atom is 0.258 e. The number of rotatable bonds is 6. The first-order valence-corrected chi connectivity index (χ1v) is 14.0. The van der Waals surface area contributed by atoms with E-state index in [2.05, 4.69) is 21.2 Å². The Morgan fingerprint density at radius 2 is 1.82 bits per heavy atom. The van der Waals surface area contributed by atoms with Gasteiger partial charge in [-0.05, 0) is 58.3 Å². The highest BCUT2D eigenvalue weighted by molar-refractivity contribution is 9.09. The Hall–Kier alpha value is -2.73. The number of nitrogens with one attached hydrogen (secondary N) is 1. The molecular weight excluding hydrogens is 572 g/mol.